The van der Waals surface area contributed by atoms with E-state index in [2.05, 4.69) is 0 Å². The SMILES string of the molecule is CC(C)(C)OCCOc1cccc2c1CCCC2O. The molecule has 1 aromatic rings. The zero-order valence-electron chi connectivity index (χ0n) is 12.1. The molecule has 1 unspecified atom stereocenters. The summed E-state index contributed by atoms with van der Waals surface area (Å²) in [7, 11) is 0. The van der Waals surface area contributed by atoms with Gasteiger partial charge in [-0.3, -0.25) is 0 Å². The molecular formula is C16H24O3. The molecule has 0 radical (unpaired) electrons. The van der Waals surface area contributed by atoms with E-state index >= 15 is 0 Å². The minimum absolute atomic E-state index is 0.129. The number of benzene rings is 1. The Kier molecular flexibility index (Phi) is 4.48. The summed E-state index contributed by atoms with van der Waals surface area (Å²) < 4.78 is 11.5. The average molecular weight is 264 g/mol. The lowest BCUT2D eigenvalue weighted by molar-refractivity contribution is -0.0164. The maximum Gasteiger partial charge on any atom is 0.122 e. The number of fused-ring (bicyclic) bond motifs is 1. The van der Waals surface area contributed by atoms with E-state index in [1.807, 2.05) is 39.0 Å². The fraction of sp³-hybridized carbons (Fsp3) is 0.625. The van der Waals surface area contributed by atoms with Crippen molar-refractivity contribution >= 4 is 0 Å². The quantitative estimate of drug-likeness (QED) is 0.848. The van der Waals surface area contributed by atoms with Gasteiger partial charge in [0.15, 0.2) is 0 Å². The predicted octanol–water partition coefficient (Wildman–Crippen LogP) is 3.25. The van der Waals surface area contributed by atoms with Crippen molar-refractivity contribution in [3.63, 3.8) is 0 Å². The second-order valence-corrected chi connectivity index (χ2v) is 6.04. The van der Waals surface area contributed by atoms with E-state index in [4.69, 9.17) is 9.47 Å². The molecule has 0 aliphatic heterocycles. The summed E-state index contributed by atoms with van der Waals surface area (Å²) in [6, 6.07) is 5.93. The van der Waals surface area contributed by atoms with Crippen LogP contribution < -0.4 is 4.74 Å². The number of rotatable bonds is 4. The number of hydrogen-bond donors (Lipinski definition) is 1. The fourth-order valence-electron chi connectivity index (χ4n) is 2.42. The maximum absolute atomic E-state index is 9.98. The van der Waals surface area contributed by atoms with Crippen LogP contribution in [0.25, 0.3) is 0 Å². The molecule has 3 heteroatoms. The minimum Gasteiger partial charge on any atom is -0.491 e. The average Bonchev–Trinajstić information content (AvgIpc) is 2.34. The third kappa shape index (κ3) is 3.95. The highest BCUT2D eigenvalue weighted by Gasteiger charge is 2.20. The normalized spacial score (nSPS) is 19.1. The van der Waals surface area contributed by atoms with Gasteiger partial charge in [-0.25, -0.2) is 0 Å². The van der Waals surface area contributed by atoms with E-state index in [0.717, 1.165) is 36.1 Å². The van der Waals surface area contributed by atoms with Crippen LogP contribution >= 0.6 is 0 Å². The van der Waals surface area contributed by atoms with E-state index in [1.165, 1.54) is 0 Å². The number of ether oxygens (including phenoxy) is 2. The second kappa shape index (κ2) is 5.93. The van der Waals surface area contributed by atoms with E-state index in [-0.39, 0.29) is 11.7 Å². The van der Waals surface area contributed by atoms with Gasteiger partial charge in [0.2, 0.25) is 0 Å². The zero-order chi connectivity index (χ0) is 13.9. The topological polar surface area (TPSA) is 38.7 Å². The number of aliphatic hydroxyl groups is 1. The van der Waals surface area contributed by atoms with Crippen LogP contribution in [0.1, 0.15) is 50.8 Å². The molecule has 106 valence electrons. The molecule has 0 bridgehead atoms. The molecule has 3 nitrogen and oxygen atoms in total. The Balaban J connectivity index is 1.96. The van der Waals surface area contributed by atoms with Crippen LogP contribution in [-0.4, -0.2) is 23.9 Å². The third-order valence-corrected chi connectivity index (χ3v) is 3.31. The van der Waals surface area contributed by atoms with E-state index in [9.17, 15) is 5.11 Å². The largest absolute Gasteiger partial charge is 0.491 e. The van der Waals surface area contributed by atoms with Gasteiger partial charge in [-0.15, -0.1) is 0 Å². The molecule has 2 rings (SSSR count). The van der Waals surface area contributed by atoms with Gasteiger partial charge >= 0.3 is 0 Å². The lowest BCUT2D eigenvalue weighted by Crippen LogP contribution is -2.22. The Labute approximate surface area is 115 Å². The van der Waals surface area contributed by atoms with Gasteiger partial charge in [0, 0.05) is 0 Å². The summed E-state index contributed by atoms with van der Waals surface area (Å²) in [5, 5.41) is 9.98. The van der Waals surface area contributed by atoms with Crippen LogP contribution in [0, 0.1) is 0 Å². The molecule has 0 fully saturated rings. The van der Waals surface area contributed by atoms with Crippen molar-refractivity contribution in [2.75, 3.05) is 13.2 Å². The molecule has 0 heterocycles. The molecule has 0 spiro atoms. The molecular weight excluding hydrogens is 240 g/mol. The first-order valence-corrected chi connectivity index (χ1v) is 7.04. The molecule has 0 aromatic heterocycles. The Morgan fingerprint density at radius 2 is 2.05 bits per heavy atom. The van der Waals surface area contributed by atoms with Crippen molar-refractivity contribution in [3.8, 4) is 5.75 Å². The van der Waals surface area contributed by atoms with Gasteiger partial charge in [-0.2, -0.15) is 0 Å². The molecule has 0 saturated carbocycles. The van der Waals surface area contributed by atoms with Crippen LogP contribution in [0.15, 0.2) is 18.2 Å². The van der Waals surface area contributed by atoms with Gasteiger partial charge in [0.25, 0.3) is 0 Å². The van der Waals surface area contributed by atoms with E-state index in [0.29, 0.717) is 13.2 Å². The molecule has 1 aromatic carbocycles. The third-order valence-electron chi connectivity index (χ3n) is 3.31. The highest BCUT2D eigenvalue weighted by atomic mass is 16.5. The van der Waals surface area contributed by atoms with Crippen molar-refractivity contribution in [2.45, 2.75) is 51.7 Å². The first-order chi connectivity index (χ1) is 8.97. The number of hydrogen-bond acceptors (Lipinski definition) is 3. The van der Waals surface area contributed by atoms with Crippen molar-refractivity contribution < 1.29 is 14.6 Å². The summed E-state index contributed by atoms with van der Waals surface area (Å²) in [6.45, 7) is 7.23. The van der Waals surface area contributed by atoms with Crippen molar-refractivity contribution in [2.24, 2.45) is 0 Å². The zero-order valence-corrected chi connectivity index (χ0v) is 12.1. The first kappa shape index (κ1) is 14.4. The molecule has 1 atom stereocenters. The smallest absolute Gasteiger partial charge is 0.122 e. The van der Waals surface area contributed by atoms with Crippen LogP contribution in [0.4, 0.5) is 0 Å². The Hall–Kier alpha value is -1.06. The lowest BCUT2D eigenvalue weighted by Gasteiger charge is -2.24. The van der Waals surface area contributed by atoms with Crippen LogP contribution in [-0.2, 0) is 11.2 Å². The molecule has 1 N–H and O–H groups in total. The molecule has 19 heavy (non-hydrogen) atoms. The van der Waals surface area contributed by atoms with Crippen LogP contribution in [0.5, 0.6) is 5.75 Å². The monoisotopic (exact) mass is 264 g/mol. The molecule has 1 aliphatic carbocycles. The van der Waals surface area contributed by atoms with Crippen molar-refractivity contribution in [3.05, 3.63) is 29.3 Å². The standard InChI is InChI=1S/C16H24O3/c1-16(2,3)19-11-10-18-15-9-5-6-12-13(15)7-4-8-14(12)17/h5-6,9,14,17H,4,7-8,10-11H2,1-3H3. The van der Waals surface area contributed by atoms with Gasteiger partial charge in [0.1, 0.15) is 12.4 Å². The van der Waals surface area contributed by atoms with E-state index < -0.39 is 0 Å². The van der Waals surface area contributed by atoms with Crippen LogP contribution in [0.2, 0.25) is 0 Å². The van der Waals surface area contributed by atoms with Gasteiger partial charge in [-0.05, 0) is 57.2 Å². The minimum atomic E-state index is -0.335. The highest BCUT2D eigenvalue weighted by Crippen LogP contribution is 2.35. The van der Waals surface area contributed by atoms with Gasteiger partial charge < -0.3 is 14.6 Å². The van der Waals surface area contributed by atoms with Crippen LogP contribution in [0.3, 0.4) is 0 Å². The molecule has 0 amide bonds. The Morgan fingerprint density at radius 1 is 1.26 bits per heavy atom. The summed E-state index contributed by atoms with van der Waals surface area (Å²) in [6.07, 6.45) is 2.53. The second-order valence-electron chi connectivity index (χ2n) is 6.04. The lowest BCUT2D eigenvalue weighted by atomic mass is 9.89. The molecule has 1 aliphatic rings. The van der Waals surface area contributed by atoms with Crippen molar-refractivity contribution in [1.29, 1.82) is 0 Å². The summed E-state index contributed by atoms with van der Waals surface area (Å²) in [5.74, 6) is 0.897. The Bertz CT molecular complexity index is 420. The molecule has 0 saturated heterocycles. The number of aliphatic hydroxyl groups excluding tert-OH is 1. The Morgan fingerprint density at radius 3 is 2.79 bits per heavy atom. The van der Waals surface area contributed by atoms with E-state index in [1.54, 1.807) is 0 Å². The summed E-state index contributed by atoms with van der Waals surface area (Å²) in [4.78, 5) is 0. The summed E-state index contributed by atoms with van der Waals surface area (Å²) >= 11 is 0. The van der Waals surface area contributed by atoms with Crippen molar-refractivity contribution in [1.82, 2.24) is 0 Å². The highest BCUT2D eigenvalue weighted by molar-refractivity contribution is 5.42. The first-order valence-electron chi connectivity index (χ1n) is 7.04. The fourth-order valence-corrected chi connectivity index (χ4v) is 2.42. The van der Waals surface area contributed by atoms with Gasteiger partial charge in [0.05, 0.1) is 18.3 Å². The predicted molar refractivity (Wildman–Crippen MR) is 75.5 cm³/mol. The van der Waals surface area contributed by atoms with Gasteiger partial charge in [-0.1, -0.05) is 12.1 Å². The summed E-state index contributed by atoms with van der Waals surface area (Å²) in [5.41, 5.74) is 2.06. The maximum atomic E-state index is 9.98.